The number of hydrogen-bond acceptors (Lipinski definition) is 3. The van der Waals surface area contributed by atoms with E-state index in [1.54, 1.807) is 0 Å². The summed E-state index contributed by atoms with van der Waals surface area (Å²) >= 11 is 0. The monoisotopic (exact) mass is 260 g/mol. The fourth-order valence-electron chi connectivity index (χ4n) is 4.27. The van der Waals surface area contributed by atoms with E-state index in [1.807, 2.05) is 0 Å². The number of aromatic nitrogens is 2. The van der Waals surface area contributed by atoms with Crippen LogP contribution in [0, 0.1) is 5.92 Å². The van der Waals surface area contributed by atoms with Crippen molar-refractivity contribution >= 4 is 0 Å². The molecule has 4 aliphatic rings. The van der Waals surface area contributed by atoms with Crippen LogP contribution in [0.5, 0.6) is 0 Å². The number of rotatable bonds is 2. The summed E-state index contributed by atoms with van der Waals surface area (Å²) in [6.07, 6.45) is 9.54. The SMILES string of the molecule is c1ncn(C2CN3CCC2CC3)c1C1CCNCC1. The van der Waals surface area contributed by atoms with E-state index in [4.69, 9.17) is 0 Å². The number of hydrogen-bond donors (Lipinski definition) is 1. The molecule has 0 spiro atoms. The first-order valence-corrected chi connectivity index (χ1v) is 7.86. The van der Waals surface area contributed by atoms with Gasteiger partial charge in [-0.15, -0.1) is 0 Å². The van der Waals surface area contributed by atoms with Gasteiger partial charge in [-0.3, -0.25) is 0 Å². The fourth-order valence-corrected chi connectivity index (χ4v) is 4.27. The predicted octanol–water partition coefficient (Wildman–Crippen LogP) is 1.62. The number of nitrogens with zero attached hydrogens (tertiary/aromatic N) is 3. The highest BCUT2D eigenvalue weighted by molar-refractivity contribution is 5.11. The molecule has 0 amide bonds. The average molecular weight is 260 g/mol. The molecule has 4 aliphatic heterocycles. The van der Waals surface area contributed by atoms with Crippen molar-refractivity contribution in [3.05, 3.63) is 18.2 Å². The first-order valence-electron chi connectivity index (χ1n) is 7.86. The number of fused-ring (bicyclic) bond motifs is 3. The first-order chi connectivity index (χ1) is 9.42. The van der Waals surface area contributed by atoms with Crippen LogP contribution in [0.2, 0.25) is 0 Å². The largest absolute Gasteiger partial charge is 0.330 e. The van der Waals surface area contributed by atoms with Crippen LogP contribution in [0.15, 0.2) is 12.5 Å². The molecule has 4 fully saturated rings. The number of piperidine rings is 4. The van der Waals surface area contributed by atoms with Crippen molar-refractivity contribution in [1.29, 1.82) is 0 Å². The molecule has 2 bridgehead atoms. The molecule has 4 saturated heterocycles. The summed E-state index contributed by atoms with van der Waals surface area (Å²) in [6.45, 7) is 6.21. The Balaban J connectivity index is 1.59. The summed E-state index contributed by atoms with van der Waals surface area (Å²) in [5, 5.41) is 3.46. The second-order valence-electron chi connectivity index (χ2n) is 6.46. The molecule has 1 N–H and O–H groups in total. The summed E-state index contributed by atoms with van der Waals surface area (Å²) in [4.78, 5) is 7.12. The molecule has 4 nitrogen and oxygen atoms in total. The quantitative estimate of drug-likeness (QED) is 0.877. The molecule has 5 rings (SSSR count). The molecular weight excluding hydrogens is 236 g/mol. The van der Waals surface area contributed by atoms with Crippen LogP contribution in [0.4, 0.5) is 0 Å². The summed E-state index contributed by atoms with van der Waals surface area (Å²) in [6, 6.07) is 0.690. The lowest BCUT2D eigenvalue weighted by Crippen LogP contribution is -2.48. The topological polar surface area (TPSA) is 33.1 Å². The van der Waals surface area contributed by atoms with E-state index in [9.17, 15) is 0 Å². The summed E-state index contributed by atoms with van der Waals surface area (Å²) in [5.74, 6) is 1.61. The molecule has 0 saturated carbocycles. The highest BCUT2D eigenvalue weighted by atomic mass is 15.2. The first kappa shape index (κ1) is 11.9. The Kier molecular flexibility index (Phi) is 3.08. The third-order valence-corrected chi connectivity index (χ3v) is 5.43. The summed E-state index contributed by atoms with van der Waals surface area (Å²) in [5.41, 5.74) is 1.50. The molecular formula is C15H24N4. The predicted molar refractivity (Wildman–Crippen MR) is 75.3 cm³/mol. The van der Waals surface area contributed by atoms with Gasteiger partial charge in [-0.2, -0.15) is 0 Å². The maximum Gasteiger partial charge on any atom is 0.0951 e. The Morgan fingerprint density at radius 3 is 2.58 bits per heavy atom. The van der Waals surface area contributed by atoms with E-state index >= 15 is 0 Å². The second kappa shape index (κ2) is 4.91. The van der Waals surface area contributed by atoms with Crippen LogP contribution in [-0.2, 0) is 0 Å². The van der Waals surface area contributed by atoms with Crippen molar-refractivity contribution in [3.63, 3.8) is 0 Å². The van der Waals surface area contributed by atoms with Gasteiger partial charge < -0.3 is 14.8 Å². The highest BCUT2D eigenvalue weighted by Gasteiger charge is 2.36. The molecule has 104 valence electrons. The molecule has 0 radical (unpaired) electrons. The minimum absolute atomic E-state index is 0.690. The van der Waals surface area contributed by atoms with E-state index in [2.05, 4.69) is 32.3 Å². The van der Waals surface area contributed by atoms with Gasteiger partial charge in [0.25, 0.3) is 0 Å². The Morgan fingerprint density at radius 1 is 1.11 bits per heavy atom. The smallest absolute Gasteiger partial charge is 0.0951 e. The Bertz CT molecular complexity index is 427. The van der Waals surface area contributed by atoms with Gasteiger partial charge in [-0.25, -0.2) is 4.98 Å². The van der Waals surface area contributed by atoms with Crippen LogP contribution >= 0.6 is 0 Å². The van der Waals surface area contributed by atoms with Crippen molar-refractivity contribution in [3.8, 4) is 0 Å². The highest BCUT2D eigenvalue weighted by Crippen LogP contribution is 2.38. The van der Waals surface area contributed by atoms with E-state index in [1.165, 1.54) is 51.0 Å². The normalized spacial score (nSPS) is 35.7. The van der Waals surface area contributed by atoms with Crippen molar-refractivity contribution in [2.75, 3.05) is 32.7 Å². The van der Waals surface area contributed by atoms with Crippen molar-refractivity contribution in [2.24, 2.45) is 5.92 Å². The van der Waals surface area contributed by atoms with Gasteiger partial charge in [-0.1, -0.05) is 0 Å². The molecule has 1 unspecified atom stereocenters. The zero-order valence-electron chi connectivity index (χ0n) is 11.6. The van der Waals surface area contributed by atoms with Gasteiger partial charge in [0.2, 0.25) is 0 Å². The second-order valence-corrected chi connectivity index (χ2v) is 6.46. The van der Waals surface area contributed by atoms with Gasteiger partial charge in [0.15, 0.2) is 0 Å². The molecule has 4 heteroatoms. The minimum Gasteiger partial charge on any atom is -0.330 e. The Labute approximate surface area is 115 Å². The molecule has 0 aromatic carbocycles. The van der Waals surface area contributed by atoms with E-state index in [0.717, 1.165) is 24.9 Å². The summed E-state index contributed by atoms with van der Waals surface area (Å²) in [7, 11) is 0. The van der Waals surface area contributed by atoms with Gasteiger partial charge in [0.1, 0.15) is 0 Å². The molecule has 19 heavy (non-hydrogen) atoms. The zero-order valence-corrected chi connectivity index (χ0v) is 11.6. The number of nitrogens with one attached hydrogen (secondary N) is 1. The maximum absolute atomic E-state index is 4.48. The van der Waals surface area contributed by atoms with Crippen LogP contribution in [0.25, 0.3) is 0 Å². The standard InChI is InChI=1S/C15H24N4/c1-5-16-6-2-12(1)14-9-17-11-19(14)15-10-18-7-3-13(15)4-8-18/h9,11-13,15-16H,1-8,10H2. The third-order valence-electron chi connectivity index (χ3n) is 5.43. The zero-order chi connectivity index (χ0) is 12.7. The van der Waals surface area contributed by atoms with Crippen LogP contribution in [0.3, 0.4) is 0 Å². The third kappa shape index (κ3) is 2.11. The molecule has 1 atom stereocenters. The Hall–Kier alpha value is -0.870. The average Bonchev–Trinajstić information content (AvgIpc) is 2.98. The maximum atomic E-state index is 4.48. The van der Waals surface area contributed by atoms with Crippen LogP contribution in [0.1, 0.15) is 43.3 Å². The lowest BCUT2D eigenvalue weighted by molar-refractivity contribution is 0.0551. The van der Waals surface area contributed by atoms with Crippen molar-refractivity contribution < 1.29 is 0 Å². The molecule has 5 heterocycles. The van der Waals surface area contributed by atoms with E-state index in [0.29, 0.717) is 6.04 Å². The molecule has 1 aromatic rings. The molecule has 1 aromatic heterocycles. The van der Waals surface area contributed by atoms with Crippen LogP contribution in [-0.4, -0.2) is 47.2 Å². The van der Waals surface area contributed by atoms with Gasteiger partial charge in [0.05, 0.1) is 12.4 Å². The van der Waals surface area contributed by atoms with Gasteiger partial charge in [0, 0.05) is 24.4 Å². The Morgan fingerprint density at radius 2 is 1.89 bits per heavy atom. The van der Waals surface area contributed by atoms with E-state index < -0.39 is 0 Å². The fraction of sp³-hybridized carbons (Fsp3) is 0.800. The van der Waals surface area contributed by atoms with Gasteiger partial charge in [-0.05, 0) is 57.8 Å². The van der Waals surface area contributed by atoms with Crippen molar-refractivity contribution in [1.82, 2.24) is 19.8 Å². The van der Waals surface area contributed by atoms with E-state index in [-0.39, 0.29) is 0 Å². The van der Waals surface area contributed by atoms with Crippen molar-refractivity contribution in [2.45, 2.75) is 37.6 Å². The van der Waals surface area contributed by atoms with Crippen LogP contribution < -0.4 is 5.32 Å². The lowest BCUT2D eigenvalue weighted by atomic mass is 9.83. The van der Waals surface area contributed by atoms with Gasteiger partial charge >= 0.3 is 0 Å². The lowest BCUT2D eigenvalue weighted by Gasteiger charge is -2.46. The summed E-state index contributed by atoms with van der Waals surface area (Å²) < 4.78 is 2.53. The molecule has 0 aliphatic carbocycles. The minimum atomic E-state index is 0.690. The number of imidazole rings is 1.